The molecule has 0 spiro atoms. The van der Waals surface area contributed by atoms with Crippen LogP contribution in [0.25, 0.3) is 6.08 Å². The minimum atomic E-state index is -3.42. The smallest absolute Gasteiger partial charge is 0.391 e. The van der Waals surface area contributed by atoms with Gasteiger partial charge in [0, 0.05) is 0 Å². The van der Waals surface area contributed by atoms with Crippen LogP contribution in [0, 0.1) is 0 Å². The van der Waals surface area contributed by atoms with Crippen molar-refractivity contribution in [2.45, 2.75) is 65.7 Å². The van der Waals surface area contributed by atoms with E-state index in [9.17, 15) is 13.5 Å². The summed E-state index contributed by atoms with van der Waals surface area (Å²) in [6.07, 6.45) is 3.81. The number of allylic oxidation sites excluding steroid dienone is 1. The van der Waals surface area contributed by atoms with Crippen LogP contribution < -0.4 is 5.11 Å². The van der Waals surface area contributed by atoms with Gasteiger partial charge in [-0.05, 0) is 40.5 Å². The highest BCUT2D eigenvalue weighted by atomic mass is 32.2. The minimum absolute atomic E-state index is 0.0539. The normalized spacial score (nSPS) is 19.3. The zero-order valence-electron chi connectivity index (χ0n) is 16.3. The van der Waals surface area contributed by atoms with Crippen molar-refractivity contribution in [1.82, 2.24) is 0 Å². The molecule has 0 N–H and O–H groups in total. The second kappa shape index (κ2) is 6.27. The summed E-state index contributed by atoms with van der Waals surface area (Å²) < 4.78 is 26.4. The molecule has 5 heteroatoms. The van der Waals surface area contributed by atoms with E-state index in [2.05, 4.69) is 0 Å². The third kappa shape index (κ3) is 3.81. The lowest BCUT2D eigenvalue weighted by Gasteiger charge is -2.33. The Morgan fingerprint density at radius 1 is 1.08 bits per heavy atom. The molecule has 1 aliphatic heterocycles. The quantitative estimate of drug-likeness (QED) is 0.755. The van der Waals surface area contributed by atoms with Gasteiger partial charge in [0.05, 0.1) is 6.42 Å². The Labute approximate surface area is 152 Å². The largest absolute Gasteiger partial charge is 0.872 e. The first-order chi connectivity index (χ1) is 11.3. The molecule has 0 atom stereocenters. The van der Waals surface area contributed by atoms with Gasteiger partial charge in [-0.25, -0.2) is 0 Å². The molecule has 1 aliphatic rings. The fourth-order valence-electron chi connectivity index (χ4n) is 3.01. The Morgan fingerprint density at radius 3 is 1.92 bits per heavy atom. The molecule has 0 radical (unpaired) electrons. The van der Waals surface area contributed by atoms with E-state index in [0.29, 0.717) is 17.9 Å². The molecule has 2 rings (SSSR count). The summed E-state index contributed by atoms with van der Waals surface area (Å²) in [6, 6.07) is 3.68. The highest BCUT2D eigenvalue weighted by molar-refractivity contribution is 7.90. The summed E-state index contributed by atoms with van der Waals surface area (Å²) in [7, 11) is -3.42. The van der Waals surface area contributed by atoms with Crippen LogP contribution in [0.3, 0.4) is 0 Å². The van der Waals surface area contributed by atoms with E-state index >= 15 is 0 Å². The number of hydrogen-bond donors (Lipinski definition) is 0. The van der Waals surface area contributed by atoms with Gasteiger partial charge in [0.2, 0.25) is 0 Å². The number of nitrogens with zero attached hydrogens (tertiary/aromatic N) is 1. The van der Waals surface area contributed by atoms with E-state index in [1.54, 1.807) is 12.3 Å². The lowest BCUT2D eigenvalue weighted by atomic mass is 9.78. The second-order valence-electron chi connectivity index (χ2n) is 8.65. The van der Waals surface area contributed by atoms with Crippen molar-refractivity contribution in [3.05, 3.63) is 33.7 Å². The van der Waals surface area contributed by atoms with E-state index in [-0.39, 0.29) is 16.6 Å². The van der Waals surface area contributed by atoms with Crippen LogP contribution in [0.15, 0.2) is 17.0 Å². The average Bonchev–Trinajstić information content (AvgIpc) is 2.72. The van der Waals surface area contributed by atoms with Gasteiger partial charge in [-0.3, -0.25) is 0 Å². The summed E-state index contributed by atoms with van der Waals surface area (Å²) in [4.78, 5) is 0.382. The van der Waals surface area contributed by atoms with Gasteiger partial charge in [-0.15, -0.1) is 9.73 Å². The van der Waals surface area contributed by atoms with Crippen LogP contribution in [0.4, 0.5) is 0 Å². The molecule has 0 saturated carbocycles. The molecule has 1 heterocycles. The molecular formula is C20H29NO3S. The molecule has 0 aromatic heterocycles. The van der Waals surface area contributed by atoms with Crippen LogP contribution in [-0.4, -0.2) is 25.2 Å². The number of benzene rings is 1. The van der Waals surface area contributed by atoms with E-state index in [4.69, 9.17) is 0 Å². The van der Waals surface area contributed by atoms with Crippen molar-refractivity contribution in [2.75, 3.05) is 6.54 Å². The van der Waals surface area contributed by atoms with Crippen LogP contribution in [-0.2, 0) is 20.9 Å². The molecule has 1 aromatic carbocycles. The topological polar surface area (TPSA) is 60.2 Å². The first-order valence-electron chi connectivity index (χ1n) is 8.70. The summed E-state index contributed by atoms with van der Waals surface area (Å²) in [5.74, 6) is 0.0539. The van der Waals surface area contributed by atoms with Gasteiger partial charge in [-0.1, -0.05) is 53.7 Å². The molecule has 4 nitrogen and oxygen atoms in total. The molecule has 0 fully saturated rings. The maximum atomic E-state index is 12.9. The number of hydrogen-bond acceptors (Lipinski definition) is 3. The molecule has 1 aromatic rings. The monoisotopic (exact) mass is 363 g/mol. The summed E-state index contributed by atoms with van der Waals surface area (Å²) in [5.41, 5.74) is 1.61. The molecule has 0 aliphatic carbocycles. The predicted molar refractivity (Wildman–Crippen MR) is 102 cm³/mol. The number of sulfonamides is 1. The van der Waals surface area contributed by atoms with Crippen LogP contribution in [0.5, 0.6) is 5.75 Å². The van der Waals surface area contributed by atoms with Crippen molar-refractivity contribution < 1.29 is 17.5 Å². The lowest BCUT2D eigenvalue weighted by Crippen LogP contribution is -2.21. The Kier molecular flexibility index (Phi) is 4.94. The Hall–Kier alpha value is -1.62. The van der Waals surface area contributed by atoms with E-state index in [0.717, 1.165) is 16.7 Å². The zero-order chi connectivity index (χ0) is 19.2. The van der Waals surface area contributed by atoms with Gasteiger partial charge < -0.3 is 5.11 Å². The molecule has 138 valence electrons. The van der Waals surface area contributed by atoms with Crippen LogP contribution in [0.2, 0.25) is 0 Å². The van der Waals surface area contributed by atoms with Gasteiger partial charge in [0.15, 0.2) is 12.8 Å². The average molecular weight is 364 g/mol. The van der Waals surface area contributed by atoms with Gasteiger partial charge in [0.1, 0.15) is 4.91 Å². The van der Waals surface area contributed by atoms with Crippen molar-refractivity contribution in [2.24, 2.45) is 0 Å². The van der Waals surface area contributed by atoms with E-state index in [1.165, 1.54) is 3.98 Å². The molecule has 25 heavy (non-hydrogen) atoms. The molecule has 0 unspecified atom stereocenters. The summed E-state index contributed by atoms with van der Waals surface area (Å²) >= 11 is 0. The van der Waals surface area contributed by atoms with Crippen molar-refractivity contribution in [3.8, 4) is 5.75 Å². The van der Waals surface area contributed by atoms with E-state index in [1.807, 2.05) is 60.6 Å². The van der Waals surface area contributed by atoms with Crippen LogP contribution in [0.1, 0.15) is 71.6 Å². The van der Waals surface area contributed by atoms with Gasteiger partial charge in [-0.2, -0.15) is 8.42 Å². The molecule has 0 bridgehead atoms. The Morgan fingerprint density at radius 2 is 1.56 bits per heavy atom. The van der Waals surface area contributed by atoms with E-state index < -0.39 is 10.0 Å². The molecule has 0 saturated heterocycles. The van der Waals surface area contributed by atoms with Crippen molar-refractivity contribution in [3.63, 3.8) is 0 Å². The Balaban J connectivity index is 2.67. The van der Waals surface area contributed by atoms with Gasteiger partial charge in [0.25, 0.3) is 0 Å². The van der Waals surface area contributed by atoms with Gasteiger partial charge >= 0.3 is 10.0 Å². The molecular weight excluding hydrogens is 334 g/mol. The fourth-order valence-corrected chi connectivity index (χ4v) is 4.49. The maximum absolute atomic E-state index is 12.9. The molecule has 0 amide bonds. The first kappa shape index (κ1) is 19.7. The highest BCUT2D eigenvalue weighted by Crippen LogP contribution is 2.39. The first-order valence-corrected chi connectivity index (χ1v) is 10.1. The fraction of sp³-hybridized carbons (Fsp3) is 0.550. The predicted octanol–water partition coefficient (Wildman–Crippen LogP) is 3.53. The SMILES string of the molecule is CC[N+]1=CC/C(=C\c2cc(C(C)(C)C)c([O-])c(C(C)(C)C)c2)S1(=O)=O. The lowest BCUT2D eigenvalue weighted by molar-refractivity contribution is -0.351. The summed E-state index contributed by atoms with van der Waals surface area (Å²) in [5, 5.41) is 12.9. The van der Waals surface area contributed by atoms with Crippen molar-refractivity contribution >= 4 is 22.3 Å². The third-order valence-electron chi connectivity index (χ3n) is 4.50. The zero-order valence-corrected chi connectivity index (χ0v) is 17.1. The minimum Gasteiger partial charge on any atom is -0.872 e. The summed E-state index contributed by atoms with van der Waals surface area (Å²) in [6.45, 7) is 14.3. The third-order valence-corrected chi connectivity index (χ3v) is 6.47. The number of rotatable bonds is 2. The maximum Gasteiger partial charge on any atom is 0.391 e. The van der Waals surface area contributed by atoms with Crippen LogP contribution >= 0.6 is 0 Å². The highest BCUT2D eigenvalue weighted by Gasteiger charge is 2.34. The Bertz CT molecular complexity index is 813. The standard InChI is InChI=1S/C20H29NO3S/c1-8-21-10-9-15(25(21,23)24)11-14-12-16(19(2,3)4)18(22)17(13-14)20(5,6)7/h10-13H,8-9H2,1-7H3/b15-11+. The second-order valence-corrected chi connectivity index (χ2v) is 10.6. The van der Waals surface area contributed by atoms with Crippen molar-refractivity contribution in [1.29, 1.82) is 0 Å².